The number of piperazine rings is 1. The van der Waals surface area contributed by atoms with Gasteiger partial charge in [0.1, 0.15) is 0 Å². The molecule has 1 unspecified atom stereocenters. The summed E-state index contributed by atoms with van der Waals surface area (Å²) in [5.74, 6) is 0.325. The Hall–Kier alpha value is -2.47. The standard InChI is InChI=1S/C17H20N4O2/c1-2-3-9-15-19-20-16(23-15)17(22)21-11-10-18-14(12-21)13-7-5-4-6-8-13/h2-8,14,18H,9-12H2,1H3/b3-2+. The number of benzene rings is 1. The van der Waals surface area contributed by atoms with Gasteiger partial charge in [0, 0.05) is 32.1 Å². The third kappa shape index (κ3) is 3.65. The van der Waals surface area contributed by atoms with E-state index in [0.29, 0.717) is 25.4 Å². The maximum atomic E-state index is 12.5. The molecule has 2 aromatic rings. The number of rotatable bonds is 4. The smallest absolute Gasteiger partial charge is 0.311 e. The quantitative estimate of drug-likeness (QED) is 0.874. The van der Waals surface area contributed by atoms with Crippen molar-refractivity contribution in [2.75, 3.05) is 19.6 Å². The topological polar surface area (TPSA) is 71.3 Å². The van der Waals surface area contributed by atoms with E-state index in [1.165, 1.54) is 5.56 Å². The van der Waals surface area contributed by atoms with Gasteiger partial charge >= 0.3 is 11.8 Å². The molecule has 2 heterocycles. The molecule has 1 saturated heterocycles. The molecule has 6 heteroatoms. The number of amides is 1. The zero-order chi connectivity index (χ0) is 16.1. The molecule has 1 atom stereocenters. The fourth-order valence-corrected chi connectivity index (χ4v) is 2.62. The van der Waals surface area contributed by atoms with Crippen molar-refractivity contribution in [2.45, 2.75) is 19.4 Å². The summed E-state index contributed by atoms with van der Waals surface area (Å²) in [6.07, 6.45) is 4.37. The van der Waals surface area contributed by atoms with Gasteiger partial charge in [0.25, 0.3) is 0 Å². The molecule has 0 spiro atoms. The second kappa shape index (κ2) is 7.19. The molecular weight excluding hydrogens is 292 g/mol. The van der Waals surface area contributed by atoms with Crippen molar-refractivity contribution in [1.29, 1.82) is 0 Å². The van der Waals surface area contributed by atoms with Crippen molar-refractivity contribution < 1.29 is 9.21 Å². The second-order valence-electron chi connectivity index (χ2n) is 5.44. The minimum Gasteiger partial charge on any atom is -0.417 e. The molecular formula is C17H20N4O2. The predicted molar refractivity (Wildman–Crippen MR) is 85.9 cm³/mol. The van der Waals surface area contributed by atoms with Gasteiger partial charge in [-0.15, -0.1) is 10.2 Å². The molecule has 1 aliphatic rings. The van der Waals surface area contributed by atoms with E-state index in [1.807, 2.05) is 37.3 Å². The number of carbonyl (C=O) groups excluding carboxylic acids is 1. The van der Waals surface area contributed by atoms with Crippen LogP contribution >= 0.6 is 0 Å². The molecule has 0 saturated carbocycles. The molecule has 120 valence electrons. The number of aromatic nitrogens is 2. The predicted octanol–water partition coefficient (Wildman–Crippen LogP) is 1.97. The normalized spacial score (nSPS) is 18.5. The molecule has 1 aliphatic heterocycles. The first-order valence-electron chi connectivity index (χ1n) is 7.79. The van der Waals surface area contributed by atoms with Crippen molar-refractivity contribution in [3.63, 3.8) is 0 Å². The summed E-state index contributed by atoms with van der Waals surface area (Å²) in [4.78, 5) is 14.3. The van der Waals surface area contributed by atoms with E-state index in [9.17, 15) is 4.79 Å². The van der Waals surface area contributed by atoms with Crippen LogP contribution in [0.3, 0.4) is 0 Å². The SMILES string of the molecule is C/C=C/Cc1nnc(C(=O)N2CCNC(c3ccccc3)C2)o1. The Balaban J connectivity index is 1.68. The third-order valence-corrected chi connectivity index (χ3v) is 3.84. The van der Waals surface area contributed by atoms with Crippen molar-refractivity contribution >= 4 is 5.91 Å². The van der Waals surface area contributed by atoms with E-state index in [-0.39, 0.29) is 17.8 Å². The van der Waals surface area contributed by atoms with Crippen LogP contribution < -0.4 is 5.32 Å². The number of hydrogen-bond acceptors (Lipinski definition) is 5. The maximum Gasteiger partial charge on any atom is 0.311 e. The van der Waals surface area contributed by atoms with Crippen molar-refractivity contribution in [1.82, 2.24) is 20.4 Å². The second-order valence-corrected chi connectivity index (χ2v) is 5.44. The van der Waals surface area contributed by atoms with Crippen LogP contribution in [0, 0.1) is 0 Å². The van der Waals surface area contributed by atoms with Gasteiger partial charge in [0.05, 0.1) is 0 Å². The summed E-state index contributed by atoms with van der Waals surface area (Å²) in [5.41, 5.74) is 1.17. The molecule has 0 radical (unpaired) electrons. The van der Waals surface area contributed by atoms with E-state index >= 15 is 0 Å². The lowest BCUT2D eigenvalue weighted by Crippen LogP contribution is -2.48. The van der Waals surface area contributed by atoms with Crippen LogP contribution in [0.1, 0.15) is 35.1 Å². The Morgan fingerprint density at radius 2 is 2.22 bits per heavy atom. The first kappa shape index (κ1) is 15.4. The molecule has 0 aliphatic carbocycles. The zero-order valence-corrected chi connectivity index (χ0v) is 13.1. The third-order valence-electron chi connectivity index (χ3n) is 3.84. The molecule has 1 aromatic heterocycles. The summed E-state index contributed by atoms with van der Waals surface area (Å²) < 4.78 is 5.46. The van der Waals surface area contributed by atoms with Gasteiger partial charge < -0.3 is 14.6 Å². The van der Waals surface area contributed by atoms with Gasteiger partial charge in [0.2, 0.25) is 5.89 Å². The number of nitrogens with one attached hydrogen (secondary N) is 1. The number of hydrogen-bond donors (Lipinski definition) is 1. The van der Waals surface area contributed by atoms with Crippen molar-refractivity contribution in [3.8, 4) is 0 Å². The Bertz CT molecular complexity index is 681. The Kier molecular flexibility index (Phi) is 4.83. The van der Waals surface area contributed by atoms with Crippen molar-refractivity contribution in [3.05, 3.63) is 59.8 Å². The van der Waals surface area contributed by atoms with E-state index in [1.54, 1.807) is 4.90 Å². The van der Waals surface area contributed by atoms with Crippen LogP contribution in [0.2, 0.25) is 0 Å². The summed E-state index contributed by atoms with van der Waals surface area (Å²) >= 11 is 0. The summed E-state index contributed by atoms with van der Waals surface area (Å²) in [7, 11) is 0. The van der Waals surface area contributed by atoms with E-state index < -0.39 is 0 Å². The fourth-order valence-electron chi connectivity index (χ4n) is 2.62. The van der Waals surface area contributed by atoms with Crippen LogP contribution in [0.25, 0.3) is 0 Å². The fraction of sp³-hybridized carbons (Fsp3) is 0.353. The lowest BCUT2D eigenvalue weighted by Gasteiger charge is -2.33. The first-order chi connectivity index (χ1) is 11.3. The molecule has 1 aromatic carbocycles. The summed E-state index contributed by atoms with van der Waals surface area (Å²) in [6.45, 7) is 3.89. The van der Waals surface area contributed by atoms with Crippen LogP contribution in [-0.4, -0.2) is 40.6 Å². The molecule has 1 N–H and O–H groups in total. The lowest BCUT2D eigenvalue weighted by atomic mass is 10.0. The monoisotopic (exact) mass is 312 g/mol. The minimum absolute atomic E-state index is 0.0678. The van der Waals surface area contributed by atoms with Crippen LogP contribution in [0.5, 0.6) is 0 Å². The largest absolute Gasteiger partial charge is 0.417 e. The molecule has 1 fully saturated rings. The summed E-state index contributed by atoms with van der Waals surface area (Å²) in [5, 5.41) is 11.2. The number of nitrogens with zero attached hydrogens (tertiary/aromatic N) is 3. The van der Waals surface area contributed by atoms with Gasteiger partial charge in [0.15, 0.2) is 0 Å². The van der Waals surface area contributed by atoms with Gasteiger partial charge in [-0.25, -0.2) is 0 Å². The molecule has 23 heavy (non-hydrogen) atoms. The Morgan fingerprint density at radius 1 is 1.39 bits per heavy atom. The van der Waals surface area contributed by atoms with Gasteiger partial charge in [-0.3, -0.25) is 4.79 Å². The van der Waals surface area contributed by atoms with Crippen LogP contribution in [0.15, 0.2) is 46.9 Å². The zero-order valence-electron chi connectivity index (χ0n) is 13.1. The van der Waals surface area contributed by atoms with Gasteiger partial charge in [-0.05, 0) is 12.5 Å². The van der Waals surface area contributed by atoms with E-state index in [0.717, 1.165) is 6.54 Å². The highest BCUT2D eigenvalue weighted by atomic mass is 16.4. The Labute approximate surface area is 135 Å². The molecule has 3 rings (SSSR count). The highest BCUT2D eigenvalue weighted by molar-refractivity contribution is 5.89. The lowest BCUT2D eigenvalue weighted by molar-refractivity contribution is 0.0661. The average Bonchev–Trinajstić information content (AvgIpc) is 3.09. The highest BCUT2D eigenvalue weighted by Gasteiger charge is 2.28. The van der Waals surface area contributed by atoms with Crippen LogP contribution in [-0.2, 0) is 6.42 Å². The molecule has 0 bridgehead atoms. The minimum atomic E-state index is -0.202. The van der Waals surface area contributed by atoms with E-state index in [2.05, 4.69) is 27.6 Å². The maximum absolute atomic E-state index is 12.5. The van der Waals surface area contributed by atoms with Gasteiger partial charge in [-0.1, -0.05) is 42.5 Å². The first-order valence-corrected chi connectivity index (χ1v) is 7.79. The molecule has 1 amide bonds. The average molecular weight is 312 g/mol. The summed E-state index contributed by atoms with van der Waals surface area (Å²) in [6, 6.07) is 10.2. The highest BCUT2D eigenvalue weighted by Crippen LogP contribution is 2.18. The Morgan fingerprint density at radius 3 is 3.00 bits per heavy atom. The van der Waals surface area contributed by atoms with Crippen LogP contribution in [0.4, 0.5) is 0 Å². The molecule has 6 nitrogen and oxygen atoms in total. The van der Waals surface area contributed by atoms with Gasteiger partial charge in [-0.2, -0.15) is 0 Å². The van der Waals surface area contributed by atoms with E-state index in [4.69, 9.17) is 4.42 Å². The van der Waals surface area contributed by atoms with Crippen molar-refractivity contribution in [2.24, 2.45) is 0 Å². The number of allylic oxidation sites excluding steroid dienone is 2. The number of carbonyl (C=O) groups is 1.